The minimum absolute atomic E-state index is 0.0703. The Morgan fingerprint density at radius 2 is 1.89 bits per heavy atom. The number of urea groups is 1. The fourth-order valence-corrected chi connectivity index (χ4v) is 3.75. The number of sulfonamides is 1. The number of halogens is 1. The molecule has 0 fully saturated rings. The molecule has 0 heterocycles. The first-order valence-electron chi connectivity index (χ1n) is 7.81. The van der Waals surface area contributed by atoms with Crippen LogP contribution in [0.25, 0.3) is 0 Å². The van der Waals surface area contributed by atoms with E-state index in [1.807, 2.05) is 6.07 Å². The van der Waals surface area contributed by atoms with Crippen LogP contribution >= 0.6 is 15.9 Å². The van der Waals surface area contributed by atoms with Crippen LogP contribution < -0.4 is 21.5 Å². The summed E-state index contributed by atoms with van der Waals surface area (Å²) in [6, 6.07) is 10.1. The van der Waals surface area contributed by atoms with Crippen molar-refractivity contribution in [3.63, 3.8) is 0 Å². The highest BCUT2D eigenvalue weighted by Gasteiger charge is 2.19. The lowest BCUT2D eigenvalue weighted by atomic mass is 10.0. The number of hydrogen-bond donors (Lipinski definition) is 4. The summed E-state index contributed by atoms with van der Waals surface area (Å²) in [5.74, 6) is -0.432. The average molecular weight is 455 g/mol. The van der Waals surface area contributed by atoms with E-state index in [4.69, 9.17) is 10.9 Å². The SMILES string of the molecule is Cc1ccc(NC(=O)CC(NC(N)=O)c2cccc(Br)c2)cc1S(N)(=O)=O. The first-order chi connectivity index (χ1) is 12.6. The number of primary sulfonamides is 1. The van der Waals surface area contributed by atoms with Gasteiger partial charge in [-0.15, -0.1) is 0 Å². The molecule has 0 aromatic heterocycles. The molecule has 10 heteroatoms. The summed E-state index contributed by atoms with van der Waals surface area (Å²) in [6.07, 6.45) is -0.0992. The summed E-state index contributed by atoms with van der Waals surface area (Å²) < 4.78 is 24.0. The van der Waals surface area contributed by atoms with Gasteiger partial charge >= 0.3 is 6.03 Å². The van der Waals surface area contributed by atoms with E-state index in [1.165, 1.54) is 6.07 Å². The van der Waals surface area contributed by atoms with Crippen molar-refractivity contribution < 1.29 is 18.0 Å². The summed E-state index contributed by atoms with van der Waals surface area (Å²) in [5, 5.41) is 10.3. The van der Waals surface area contributed by atoms with Crippen molar-refractivity contribution in [3.8, 4) is 0 Å². The Morgan fingerprint density at radius 3 is 2.48 bits per heavy atom. The molecule has 144 valence electrons. The van der Waals surface area contributed by atoms with Crippen LogP contribution in [0.4, 0.5) is 10.5 Å². The lowest BCUT2D eigenvalue weighted by molar-refractivity contribution is -0.116. The van der Waals surface area contributed by atoms with Crippen LogP contribution in [0.5, 0.6) is 0 Å². The second-order valence-electron chi connectivity index (χ2n) is 5.89. The van der Waals surface area contributed by atoms with Crippen molar-refractivity contribution >= 4 is 43.6 Å². The van der Waals surface area contributed by atoms with Gasteiger partial charge in [-0.25, -0.2) is 18.4 Å². The second-order valence-corrected chi connectivity index (χ2v) is 8.34. The smallest absolute Gasteiger partial charge is 0.312 e. The Hall–Kier alpha value is -2.43. The van der Waals surface area contributed by atoms with Crippen molar-refractivity contribution in [1.82, 2.24) is 5.32 Å². The molecular weight excluding hydrogens is 436 g/mol. The molecule has 2 aromatic carbocycles. The first kappa shape index (κ1) is 20.9. The first-order valence-corrected chi connectivity index (χ1v) is 10.1. The summed E-state index contributed by atoms with van der Waals surface area (Å²) in [7, 11) is -3.91. The minimum atomic E-state index is -3.91. The number of anilines is 1. The van der Waals surface area contributed by atoms with E-state index in [2.05, 4.69) is 26.6 Å². The molecular formula is C17H19BrN4O4S. The number of rotatable bonds is 6. The van der Waals surface area contributed by atoms with Gasteiger partial charge in [-0.2, -0.15) is 0 Å². The van der Waals surface area contributed by atoms with Gasteiger partial charge in [0.05, 0.1) is 17.4 Å². The molecule has 0 bridgehead atoms. The Morgan fingerprint density at radius 1 is 1.19 bits per heavy atom. The lowest BCUT2D eigenvalue weighted by Crippen LogP contribution is -2.35. The van der Waals surface area contributed by atoms with E-state index in [0.717, 1.165) is 4.47 Å². The maximum Gasteiger partial charge on any atom is 0.312 e. The van der Waals surface area contributed by atoms with E-state index in [-0.39, 0.29) is 17.0 Å². The normalized spacial score (nSPS) is 12.3. The van der Waals surface area contributed by atoms with Crippen molar-refractivity contribution in [2.75, 3.05) is 5.32 Å². The molecule has 1 unspecified atom stereocenters. The van der Waals surface area contributed by atoms with Crippen molar-refractivity contribution in [2.45, 2.75) is 24.3 Å². The van der Waals surface area contributed by atoms with Crippen molar-refractivity contribution in [2.24, 2.45) is 10.9 Å². The zero-order valence-electron chi connectivity index (χ0n) is 14.4. The second kappa shape index (κ2) is 8.51. The van der Waals surface area contributed by atoms with Crippen LogP contribution in [0.1, 0.15) is 23.6 Å². The van der Waals surface area contributed by atoms with Crippen LogP contribution in [-0.4, -0.2) is 20.4 Å². The number of nitrogens with two attached hydrogens (primary N) is 2. The maximum atomic E-state index is 12.4. The molecule has 0 radical (unpaired) electrons. The van der Waals surface area contributed by atoms with Gasteiger partial charge in [0.15, 0.2) is 0 Å². The number of nitrogens with one attached hydrogen (secondary N) is 2. The van der Waals surface area contributed by atoms with E-state index in [9.17, 15) is 18.0 Å². The summed E-state index contributed by atoms with van der Waals surface area (Å²) in [6.45, 7) is 1.60. The highest BCUT2D eigenvalue weighted by atomic mass is 79.9. The van der Waals surface area contributed by atoms with E-state index < -0.39 is 28.0 Å². The van der Waals surface area contributed by atoms with Crippen LogP contribution in [0.3, 0.4) is 0 Å². The van der Waals surface area contributed by atoms with Gasteiger partial charge in [0.25, 0.3) is 0 Å². The lowest BCUT2D eigenvalue weighted by Gasteiger charge is -2.18. The number of primary amides is 1. The quantitative estimate of drug-likeness (QED) is 0.529. The Kier molecular flexibility index (Phi) is 6.58. The Balaban J connectivity index is 2.20. The van der Waals surface area contributed by atoms with Gasteiger partial charge in [-0.05, 0) is 42.3 Å². The largest absolute Gasteiger partial charge is 0.352 e. The van der Waals surface area contributed by atoms with E-state index in [1.54, 1.807) is 37.3 Å². The van der Waals surface area contributed by atoms with E-state index >= 15 is 0 Å². The average Bonchev–Trinajstić information content (AvgIpc) is 2.54. The van der Waals surface area contributed by atoms with Gasteiger partial charge in [-0.3, -0.25) is 4.79 Å². The maximum absolute atomic E-state index is 12.4. The van der Waals surface area contributed by atoms with Crippen molar-refractivity contribution in [3.05, 3.63) is 58.1 Å². The molecule has 0 aliphatic rings. The number of carbonyl (C=O) groups is 2. The molecule has 27 heavy (non-hydrogen) atoms. The molecule has 0 spiro atoms. The van der Waals surface area contributed by atoms with Gasteiger partial charge in [0.1, 0.15) is 0 Å². The van der Waals surface area contributed by atoms with E-state index in [0.29, 0.717) is 11.1 Å². The minimum Gasteiger partial charge on any atom is -0.352 e. The number of amides is 3. The zero-order chi connectivity index (χ0) is 20.2. The van der Waals surface area contributed by atoms with Gasteiger partial charge in [0.2, 0.25) is 15.9 Å². The number of aryl methyl sites for hydroxylation is 1. The predicted molar refractivity (Wildman–Crippen MR) is 105 cm³/mol. The molecule has 0 aliphatic carbocycles. The third kappa shape index (κ3) is 6.05. The van der Waals surface area contributed by atoms with Crippen LogP contribution in [0, 0.1) is 6.92 Å². The molecule has 3 amide bonds. The standard InChI is InChI=1S/C17H19BrN4O4S/c1-10-5-6-13(8-15(10)27(20,25)26)21-16(23)9-14(22-17(19)24)11-3-2-4-12(18)7-11/h2-8,14H,9H2,1H3,(H,21,23)(H3,19,22,24)(H2,20,25,26). The van der Waals surface area contributed by atoms with Crippen LogP contribution in [0.2, 0.25) is 0 Å². The topological polar surface area (TPSA) is 144 Å². The van der Waals surface area contributed by atoms with Gasteiger partial charge in [-0.1, -0.05) is 34.1 Å². The summed E-state index contributed by atoms with van der Waals surface area (Å²) in [4.78, 5) is 23.6. The van der Waals surface area contributed by atoms with Crippen molar-refractivity contribution in [1.29, 1.82) is 0 Å². The molecule has 0 saturated carbocycles. The van der Waals surface area contributed by atoms with Crippen LogP contribution in [-0.2, 0) is 14.8 Å². The van der Waals surface area contributed by atoms with Crippen LogP contribution in [0.15, 0.2) is 51.8 Å². The molecule has 2 rings (SSSR count). The molecule has 6 N–H and O–H groups in total. The number of benzene rings is 2. The summed E-state index contributed by atoms with van der Waals surface area (Å²) in [5.41, 5.74) is 6.64. The molecule has 8 nitrogen and oxygen atoms in total. The third-order valence-corrected chi connectivity index (χ3v) is 5.28. The zero-order valence-corrected chi connectivity index (χ0v) is 16.8. The molecule has 0 aliphatic heterocycles. The van der Waals surface area contributed by atoms with Gasteiger partial charge < -0.3 is 16.4 Å². The Bertz CT molecular complexity index is 979. The molecule has 0 saturated heterocycles. The highest BCUT2D eigenvalue weighted by Crippen LogP contribution is 2.23. The molecule has 2 aromatic rings. The monoisotopic (exact) mass is 454 g/mol. The highest BCUT2D eigenvalue weighted by molar-refractivity contribution is 9.10. The number of carbonyl (C=O) groups excluding carboxylic acids is 2. The number of hydrogen-bond acceptors (Lipinski definition) is 4. The molecule has 1 atom stereocenters. The Labute approximate surface area is 165 Å². The third-order valence-electron chi connectivity index (χ3n) is 3.74. The van der Waals surface area contributed by atoms with Gasteiger partial charge in [0, 0.05) is 10.2 Å². The fraction of sp³-hybridized carbons (Fsp3) is 0.176. The predicted octanol–water partition coefficient (Wildman–Crippen LogP) is 2.14. The fourth-order valence-electron chi connectivity index (χ4n) is 2.53. The summed E-state index contributed by atoms with van der Waals surface area (Å²) >= 11 is 3.34.